The largest absolute Gasteiger partial charge is 0.508 e. The van der Waals surface area contributed by atoms with Gasteiger partial charge in [0.25, 0.3) is 0 Å². The molecule has 0 radical (unpaired) electrons. The minimum atomic E-state index is -0.465. The number of amides is 1. The molecule has 1 aliphatic rings. The smallest absolute Gasteiger partial charge is 0.310 e. The number of methoxy groups -OCH3 is 1. The van der Waals surface area contributed by atoms with E-state index < -0.39 is 5.92 Å². The molecule has 1 fully saturated rings. The number of phenols is 1. The van der Waals surface area contributed by atoms with Crippen LogP contribution in [0.15, 0.2) is 54.6 Å². The Morgan fingerprint density at radius 3 is 2.57 bits per heavy atom. The van der Waals surface area contributed by atoms with E-state index in [2.05, 4.69) is 22.3 Å². The van der Waals surface area contributed by atoms with Crippen molar-refractivity contribution in [3.63, 3.8) is 0 Å². The third kappa shape index (κ3) is 6.32. The first-order valence-corrected chi connectivity index (χ1v) is 10.4. The molecule has 1 amide bonds. The van der Waals surface area contributed by atoms with Crippen molar-refractivity contribution >= 4 is 11.9 Å². The van der Waals surface area contributed by atoms with Gasteiger partial charge in [-0.15, -0.1) is 0 Å². The van der Waals surface area contributed by atoms with Gasteiger partial charge in [0, 0.05) is 19.6 Å². The van der Waals surface area contributed by atoms with Crippen molar-refractivity contribution in [3.05, 3.63) is 65.7 Å². The lowest BCUT2D eigenvalue weighted by atomic mass is 9.95. The zero-order valence-corrected chi connectivity index (χ0v) is 17.4. The quantitative estimate of drug-likeness (QED) is 0.655. The van der Waals surface area contributed by atoms with Crippen LogP contribution in [0.2, 0.25) is 0 Å². The fourth-order valence-corrected chi connectivity index (χ4v) is 3.94. The number of ether oxygens (including phenoxy) is 1. The Hall–Kier alpha value is -2.86. The van der Waals surface area contributed by atoms with Crippen molar-refractivity contribution in [1.29, 1.82) is 0 Å². The molecule has 1 aliphatic heterocycles. The number of rotatable bonds is 8. The molecule has 2 aromatic rings. The van der Waals surface area contributed by atoms with Crippen LogP contribution in [0.1, 0.15) is 24.0 Å². The number of hydrogen-bond acceptors (Lipinski definition) is 5. The van der Waals surface area contributed by atoms with E-state index >= 15 is 0 Å². The Bertz CT molecular complexity index is 823. The third-order valence-electron chi connectivity index (χ3n) is 5.60. The van der Waals surface area contributed by atoms with E-state index in [9.17, 15) is 14.7 Å². The summed E-state index contributed by atoms with van der Waals surface area (Å²) in [4.78, 5) is 27.3. The Morgan fingerprint density at radius 2 is 1.87 bits per heavy atom. The number of carbonyl (C=O) groups is 2. The van der Waals surface area contributed by atoms with E-state index in [1.807, 2.05) is 18.2 Å². The fraction of sp³-hybridized carbons (Fsp3) is 0.417. The second-order valence-electron chi connectivity index (χ2n) is 7.90. The SMILES string of the molecule is COC(=O)C(CNC(=O)C1CCCN(Cc2ccccc2)C1)Cc1ccc(O)cc1. The maximum Gasteiger partial charge on any atom is 0.310 e. The van der Waals surface area contributed by atoms with Gasteiger partial charge >= 0.3 is 5.97 Å². The molecule has 30 heavy (non-hydrogen) atoms. The highest BCUT2D eigenvalue weighted by Crippen LogP contribution is 2.19. The number of nitrogens with zero attached hydrogens (tertiary/aromatic N) is 1. The molecule has 0 bridgehead atoms. The molecular weight excluding hydrogens is 380 g/mol. The lowest BCUT2D eigenvalue weighted by molar-refractivity contribution is -0.145. The van der Waals surface area contributed by atoms with E-state index in [-0.39, 0.29) is 30.1 Å². The Labute approximate surface area is 177 Å². The van der Waals surface area contributed by atoms with Crippen molar-refractivity contribution in [1.82, 2.24) is 10.2 Å². The van der Waals surface area contributed by atoms with E-state index in [1.165, 1.54) is 12.7 Å². The summed E-state index contributed by atoms with van der Waals surface area (Å²) in [6.07, 6.45) is 2.29. The van der Waals surface area contributed by atoms with Gasteiger partial charge in [0.05, 0.1) is 18.9 Å². The number of aromatic hydroxyl groups is 1. The molecule has 0 spiro atoms. The molecule has 0 aliphatic carbocycles. The minimum absolute atomic E-state index is 0.00706. The van der Waals surface area contributed by atoms with Crippen LogP contribution in [0.25, 0.3) is 0 Å². The number of esters is 1. The molecule has 2 aromatic carbocycles. The summed E-state index contributed by atoms with van der Waals surface area (Å²) in [7, 11) is 1.36. The van der Waals surface area contributed by atoms with Crippen LogP contribution in [0.5, 0.6) is 5.75 Å². The highest BCUT2D eigenvalue weighted by atomic mass is 16.5. The average molecular weight is 411 g/mol. The van der Waals surface area contributed by atoms with E-state index in [1.54, 1.807) is 24.3 Å². The molecule has 6 nitrogen and oxygen atoms in total. The first-order valence-electron chi connectivity index (χ1n) is 10.4. The van der Waals surface area contributed by atoms with Crippen molar-refractivity contribution < 1.29 is 19.4 Å². The maximum atomic E-state index is 12.8. The number of phenolic OH excluding ortho intramolecular Hbond substituents is 1. The Kier molecular flexibility index (Phi) is 7.85. The summed E-state index contributed by atoms with van der Waals surface area (Å²) in [5.41, 5.74) is 2.15. The van der Waals surface area contributed by atoms with E-state index in [0.29, 0.717) is 6.42 Å². The van der Waals surface area contributed by atoms with Gasteiger partial charge in [-0.05, 0) is 49.1 Å². The summed E-state index contributed by atoms with van der Waals surface area (Å²) in [6, 6.07) is 17.0. The Balaban J connectivity index is 1.53. The highest BCUT2D eigenvalue weighted by molar-refractivity contribution is 5.80. The van der Waals surface area contributed by atoms with Crippen molar-refractivity contribution in [2.45, 2.75) is 25.8 Å². The predicted molar refractivity (Wildman–Crippen MR) is 115 cm³/mol. The van der Waals surface area contributed by atoms with Gasteiger partial charge in [0.2, 0.25) is 5.91 Å². The summed E-state index contributed by atoms with van der Waals surface area (Å²) < 4.78 is 4.92. The van der Waals surface area contributed by atoms with Crippen LogP contribution in [0.3, 0.4) is 0 Å². The number of piperidine rings is 1. The second kappa shape index (κ2) is 10.8. The zero-order valence-electron chi connectivity index (χ0n) is 17.4. The normalized spacial score (nSPS) is 17.8. The van der Waals surface area contributed by atoms with Crippen LogP contribution in [-0.2, 0) is 27.3 Å². The van der Waals surface area contributed by atoms with Crippen LogP contribution < -0.4 is 5.32 Å². The fourth-order valence-electron chi connectivity index (χ4n) is 3.94. The molecule has 0 aromatic heterocycles. The number of carbonyl (C=O) groups excluding carboxylic acids is 2. The highest BCUT2D eigenvalue weighted by Gasteiger charge is 2.27. The number of hydrogen-bond donors (Lipinski definition) is 2. The molecule has 2 N–H and O–H groups in total. The molecule has 3 rings (SSSR count). The van der Waals surface area contributed by atoms with Crippen LogP contribution in [0.4, 0.5) is 0 Å². The first kappa shape index (κ1) is 21.8. The lowest BCUT2D eigenvalue weighted by Gasteiger charge is -2.32. The second-order valence-corrected chi connectivity index (χ2v) is 7.90. The lowest BCUT2D eigenvalue weighted by Crippen LogP contribution is -2.44. The summed E-state index contributed by atoms with van der Waals surface area (Å²) in [6.45, 7) is 2.80. The number of benzene rings is 2. The molecular formula is C24H30N2O4. The number of likely N-dealkylation sites (tertiary alicyclic amines) is 1. The Morgan fingerprint density at radius 1 is 1.13 bits per heavy atom. The molecule has 160 valence electrons. The van der Waals surface area contributed by atoms with Gasteiger partial charge in [0.1, 0.15) is 5.75 Å². The molecule has 6 heteroatoms. The minimum Gasteiger partial charge on any atom is -0.508 e. The van der Waals surface area contributed by atoms with Crippen LogP contribution >= 0.6 is 0 Å². The summed E-state index contributed by atoms with van der Waals surface area (Å²) >= 11 is 0. The average Bonchev–Trinajstić information content (AvgIpc) is 2.78. The van der Waals surface area contributed by atoms with Gasteiger partial charge < -0.3 is 15.2 Å². The monoisotopic (exact) mass is 410 g/mol. The zero-order chi connectivity index (χ0) is 21.3. The van der Waals surface area contributed by atoms with E-state index in [0.717, 1.165) is 38.0 Å². The van der Waals surface area contributed by atoms with Gasteiger partial charge in [-0.3, -0.25) is 14.5 Å². The van der Waals surface area contributed by atoms with Gasteiger partial charge in [-0.1, -0.05) is 42.5 Å². The standard InChI is InChI=1S/C24H30N2O4/c1-30-24(29)21(14-18-9-11-22(27)12-10-18)15-25-23(28)20-8-5-13-26(17-20)16-19-6-3-2-4-7-19/h2-4,6-7,9-12,20-21,27H,5,8,13-17H2,1H3,(H,25,28). The molecule has 1 saturated heterocycles. The van der Waals surface area contributed by atoms with E-state index in [4.69, 9.17) is 4.74 Å². The van der Waals surface area contributed by atoms with Crippen molar-refractivity contribution in [2.75, 3.05) is 26.7 Å². The van der Waals surface area contributed by atoms with Gasteiger partial charge in [0.15, 0.2) is 0 Å². The van der Waals surface area contributed by atoms with Gasteiger partial charge in [-0.25, -0.2) is 0 Å². The topological polar surface area (TPSA) is 78.9 Å². The molecule has 1 heterocycles. The van der Waals surface area contributed by atoms with Crippen molar-refractivity contribution in [3.8, 4) is 5.75 Å². The maximum absolute atomic E-state index is 12.8. The third-order valence-corrected chi connectivity index (χ3v) is 5.60. The van der Waals surface area contributed by atoms with Crippen molar-refractivity contribution in [2.24, 2.45) is 11.8 Å². The van der Waals surface area contributed by atoms with Crippen LogP contribution in [-0.4, -0.2) is 48.6 Å². The summed E-state index contributed by atoms with van der Waals surface area (Å²) in [5, 5.41) is 12.4. The predicted octanol–water partition coefficient (Wildman–Crippen LogP) is 2.75. The first-order chi connectivity index (χ1) is 14.5. The van der Waals surface area contributed by atoms with Crippen LogP contribution in [0, 0.1) is 11.8 Å². The molecule has 2 unspecified atom stereocenters. The molecule has 2 atom stereocenters. The summed E-state index contributed by atoms with van der Waals surface area (Å²) in [5.74, 6) is -0.717. The molecule has 0 saturated carbocycles. The number of nitrogens with one attached hydrogen (secondary N) is 1. The van der Waals surface area contributed by atoms with Gasteiger partial charge in [-0.2, -0.15) is 0 Å².